The van der Waals surface area contributed by atoms with Crippen LogP contribution < -0.4 is 4.74 Å². The van der Waals surface area contributed by atoms with E-state index in [0.717, 1.165) is 0 Å². The third-order valence-electron chi connectivity index (χ3n) is 2.74. The average molecular weight is 313 g/mol. The van der Waals surface area contributed by atoms with Crippen LogP contribution >= 0.6 is 23.2 Å². The van der Waals surface area contributed by atoms with Gasteiger partial charge in [-0.25, -0.2) is 4.39 Å². The smallest absolute Gasteiger partial charge is 0.163 e. The summed E-state index contributed by atoms with van der Waals surface area (Å²) in [6.07, 6.45) is 0. The summed E-state index contributed by atoms with van der Waals surface area (Å²) in [5.41, 5.74) is 0.988. The van der Waals surface area contributed by atoms with E-state index in [1.165, 1.54) is 25.1 Å². The van der Waals surface area contributed by atoms with Crippen molar-refractivity contribution in [3.63, 3.8) is 0 Å². The van der Waals surface area contributed by atoms with Gasteiger partial charge in [-0.15, -0.1) is 0 Å². The van der Waals surface area contributed by atoms with Crippen LogP contribution in [-0.2, 0) is 6.61 Å². The second kappa shape index (κ2) is 6.25. The molecule has 2 nitrogen and oxygen atoms in total. The van der Waals surface area contributed by atoms with Gasteiger partial charge in [0.2, 0.25) is 0 Å². The van der Waals surface area contributed by atoms with Crippen LogP contribution in [0.3, 0.4) is 0 Å². The van der Waals surface area contributed by atoms with Crippen LogP contribution in [0.25, 0.3) is 0 Å². The molecule has 0 atom stereocenters. The summed E-state index contributed by atoms with van der Waals surface area (Å²) in [6.45, 7) is 1.50. The number of benzene rings is 2. The number of rotatable bonds is 4. The highest BCUT2D eigenvalue weighted by molar-refractivity contribution is 6.42. The predicted octanol–water partition coefficient (Wildman–Crippen LogP) is 4.91. The molecule has 0 aromatic heterocycles. The number of Topliss-reactive ketones (excluding diaryl/α,β-unsaturated/α-hetero) is 1. The van der Waals surface area contributed by atoms with E-state index in [1.807, 2.05) is 0 Å². The summed E-state index contributed by atoms with van der Waals surface area (Å²) in [6, 6.07) is 8.94. The Morgan fingerprint density at radius 2 is 2.00 bits per heavy atom. The molecule has 2 aromatic carbocycles. The zero-order chi connectivity index (χ0) is 14.7. The Morgan fingerprint density at radius 1 is 1.25 bits per heavy atom. The molecule has 2 rings (SSSR count). The molecule has 104 valence electrons. The van der Waals surface area contributed by atoms with E-state index in [1.54, 1.807) is 18.2 Å². The van der Waals surface area contributed by atoms with Crippen molar-refractivity contribution in [2.45, 2.75) is 13.5 Å². The summed E-state index contributed by atoms with van der Waals surface area (Å²) in [7, 11) is 0. The van der Waals surface area contributed by atoms with Crippen LogP contribution in [0.2, 0.25) is 10.0 Å². The molecule has 0 amide bonds. The highest BCUT2D eigenvalue weighted by atomic mass is 35.5. The quantitative estimate of drug-likeness (QED) is 0.749. The first-order chi connectivity index (χ1) is 9.49. The molecule has 0 aliphatic heterocycles. The fraction of sp³-hybridized carbons (Fsp3) is 0.133. The van der Waals surface area contributed by atoms with Gasteiger partial charge >= 0.3 is 0 Å². The van der Waals surface area contributed by atoms with Crippen LogP contribution in [0, 0.1) is 5.82 Å². The molecule has 0 N–H and O–H groups in total. The molecule has 0 bridgehead atoms. The zero-order valence-electron chi connectivity index (χ0n) is 10.6. The second-order valence-electron chi connectivity index (χ2n) is 4.20. The van der Waals surface area contributed by atoms with Crippen molar-refractivity contribution in [1.29, 1.82) is 0 Å². The second-order valence-corrected chi connectivity index (χ2v) is 4.98. The van der Waals surface area contributed by atoms with Crippen molar-refractivity contribution in [1.82, 2.24) is 0 Å². The third kappa shape index (κ3) is 3.30. The minimum Gasteiger partial charge on any atom is -0.488 e. The Labute approximate surface area is 126 Å². The minimum absolute atomic E-state index is 0.100. The number of carbonyl (C=O) groups excluding carboxylic acids is 1. The van der Waals surface area contributed by atoms with Gasteiger partial charge in [0.1, 0.15) is 18.2 Å². The minimum atomic E-state index is -0.470. The summed E-state index contributed by atoms with van der Waals surface area (Å²) in [5, 5.41) is 0.800. The third-order valence-corrected chi connectivity index (χ3v) is 3.60. The van der Waals surface area contributed by atoms with E-state index in [2.05, 4.69) is 0 Å². The lowest BCUT2D eigenvalue weighted by Gasteiger charge is -2.11. The summed E-state index contributed by atoms with van der Waals surface area (Å²) < 4.78 is 18.7. The van der Waals surface area contributed by atoms with Crippen LogP contribution in [-0.4, -0.2) is 5.78 Å². The van der Waals surface area contributed by atoms with Gasteiger partial charge in [-0.3, -0.25) is 4.79 Å². The van der Waals surface area contributed by atoms with Crippen LogP contribution in [0.4, 0.5) is 4.39 Å². The average Bonchev–Trinajstić information content (AvgIpc) is 2.40. The SMILES string of the molecule is CC(=O)c1ccc(F)cc1OCc1cccc(Cl)c1Cl. The Bertz CT molecular complexity index is 656. The van der Waals surface area contributed by atoms with Gasteiger partial charge < -0.3 is 4.74 Å². The topological polar surface area (TPSA) is 26.3 Å². The first-order valence-electron chi connectivity index (χ1n) is 5.85. The molecular weight excluding hydrogens is 302 g/mol. The fourth-order valence-electron chi connectivity index (χ4n) is 1.72. The van der Waals surface area contributed by atoms with Gasteiger partial charge in [-0.2, -0.15) is 0 Å². The van der Waals surface area contributed by atoms with Crippen molar-refractivity contribution in [2.24, 2.45) is 0 Å². The monoisotopic (exact) mass is 312 g/mol. The van der Waals surface area contributed by atoms with Gasteiger partial charge in [0.05, 0.1) is 15.6 Å². The maximum absolute atomic E-state index is 13.2. The number of ether oxygens (including phenoxy) is 1. The highest BCUT2D eigenvalue weighted by Crippen LogP contribution is 2.28. The molecule has 0 spiro atoms. The largest absolute Gasteiger partial charge is 0.488 e. The molecule has 5 heteroatoms. The first kappa shape index (κ1) is 14.8. The Hall–Kier alpha value is -1.58. The number of hydrogen-bond acceptors (Lipinski definition) is 2. The van der Waals surface area contributed by atoms with Crippen LogP contribution in [0.5, 0.6) is 5.75 Å². The molecular formula is C15H11Cl2FO2. The fourth-order valence-corrected chi connectivity index (χ4v) is 2.10. The van der Waals surface area contributed by atoms with Gasteiger partial charge in [-0.1, -0.05) is 35.3 Å². The highest BCUT2D eigenvalue weighted by Gasteiger charge is 2.11. The molecule has 0 saturated carbocycles. The number of halogens is 3. The molecule has 0 radical (unpaired) electrons. The Morgan fingerprint density at radius 3 is 2.70 bits per heavy atom. The van der Waals surface area contributed by atoms with Gasteiger partial charge in [-0.05, 0) is 25.1 Å². The van der Waals surface area contributed by atoms with E-state index in [-0.39, 0.29) is 18.1 Å². The van der Waals surface area contributed by atoms with Crippen molar-refractivity contribution in [3.8, 4) is 5.75 Å². The number of carbonyl (C=O) groups is 1. The van der Waals surface area contributed by atoms with Crippen molar-refractivity contribution in [2.75, 3.05) is 0 Å². The molecule has 20 heavy (non-hydrogen) atoms. The molecule has 0 heterocycles. The van der Waals surface area contributed by atoms with Gasteiger partial charge in [0.25, 0.3) is 0 Å². The molecule has 0 fully saturated rings. The van der Waals surface area contributed by atoms with E-state index >= 15 is 0 Å². The van der Waals surface area contributed by atoms with E-state index in [9.17, 15) is 9.18 Å². The molecule has 0 unspecified atom stereocenters. The lowest BCUT2D eigenvalue weighted by atomic mass is 10.1. The zero-order valence-corrected chi connectivity index (χ0v) is 12.1. The van der Waals surface area contributed by atoms with Crippen LogP contribution in [0.1, 0.15) is 22.8 Å². The summed E-state index contributed by atoms with van der Waals surface area (Å²) in [4.78, 5) is 11.5. The van der Waals surface area contributed by atoms with Gasteiger partial charge in [0, 0.05) is 11.6 Å². The lowest BCUT2D eigenvalue weighted by Crippen LogP contribution is -2.02. The van der Waals surface area contributed by atoms with E-state index in [4.69, 9.17) is 27.9 Å². The van der Waals surface area contributed by atoms with Crippen molar-refractivity contribution in [3.05, 3.63) is 63.4 Å². The number of hydrogen-bond donors (Lipinski definition) is 0. The Balaban J connectivity index is 2.24. The summed E-state index contributed by atoms with van der Waals surface area (Å²) >= 11 is 11.9. The Kier molecular flexibility index (Phi) is 4.63. The first-order valence-corrected chi connectivity index (χ1v) is 6.61. The molecule has 0 aliphatic carbocycles. The number of ketones is 1. The lowest BCUT2D eigenvalue weighted by molar-refractivity contribution is 0.101. The standard InChI is InChI=1S/C15H11Cl2FO2/c1-9(19)12-6-5-11(18)7-14(12)20-8-10-3-2-4-13(16)15(10)17/h2-7H,8H2,1H3. The normalized spacial score (nSPS) is 10.4. The molecule has 2 aromatic rings. The van der Waals surface area contributed by atoms with E-state index < -0.39 is 5.82 Å². The maximum Gasteiger partial charge on any atom is 0.163 e. The molecule has 0 aliphatic rings. The van der Waals surface area contributed by atoms with Crippen molar-refractivity contribution < 1.29 is 13.9 Å². The summed E-state index contributed by atoms with van der Waals surface area (Å²) in [5.74, 6) is -0.479. The van der Waals surface area contributed by atoms with E-state index in [0.29, 0.717) is 21.2 Å². The van der Waals surface area contributed by atoms with Crippen LogP contribution in [0.15, 0.2) is 36.4 Å². The molecule has 0 saturated heterocycles. The van der Waals surface area contributed by atoms with Gasteiger partial charge in [0.15, 0.2) is 5.78 Å². The maximum atomic E-state index is 13.2. The van der Waals surface area contributed by atoms with Crippen molar-refractivity contribution >= 4 is 29.0 Å². The predicted molar refractivity (Wildman–Crippen MR) is 77.2 cm³/mol.